The molecule has 102 valence electrons. The molecule has 1 atom stereocenters. The van der Waals surface area contributed by atoms with Crippen LogP contribution in [0, 0.1) is 11.7 Å². The third kappa shape index (κ3) is 2.34. The fourth-order valence-electron chi connectivity index (χ4n) is 2.47. The van der Waals surface area contributed by atoms with Crippen LogP contribution in [-0.4, -0.2) is 9.55 Å². The van der Waals surface area contributed by atoms with Crippen molar-refractivity contribution in [2.75, 3.05) is 0 Å². The number of aromatic nitrogens is 2. The van der Waals surface area contributed by atoms with Crippen LogP contribution in [0.3, 0.4) is 0 Å². The molecule has 20 heavy (non-hydrogen) atoms. The number of H-pyrrole nitrogens is 1. The first-order chi connectivity index (χ1) is 9.56. The van der Waals surface area contributed by atoms with E-state index in [9.17, 15) is 0 Å². The lowest BCUT2D eigenvalue weighted by molar-refractivity contribution is 0.649. The van der Waals surface area contributed by atoms with Crippen LogP contribution in [0.2, 0.25) is 0 Å². The van der Waals surface area contributed by atoms with Gasteiger partial charge in [-0.25, -0.2) is 0 Å². The molecule has 2 nitrogen and oxygen atoms in total. The van der Waals surface area contributed by atoms with Crippen molar-refractivity contribution in [3.63, 3.8) is 0 Å². The van der Waals surface area contributed by atoms with Crippen molar-refractivity contribution >= 4 is 39.2 Å². The Morgan fingerprint density at radius 3 is 2.55 bits per heavy atom. The smallest absolute Gasteiger partial charge is 0.178 e. The molecule has 0 bridgehead atoms. The van der Waals surface area contributed by atoms with Gasteiger partial charge in [-0.2, -0.15) is 0 Å². The van der Waals surface area contributed by atoms with Gasteiger partial charge in [-0.05, 0) is 49.8 Å². The highest BCUT2D eigenvalue weighted by Gasteiger charge is 2.13. The molecule has 1 aromatic heterocycles. The molecule has 4 heteroatoms. The van der Waals surface area contributed by atoms with Crippen molar-refractivity contribution in [2.45, 2.75) is 19.9 Å². The van der Waals surface area contributed by atoms with Crippen molar-refractivity contribution in [3.05, 3.63) is 62.8 Å². The predicted molar refractivity (Wildman–Crippen MR) is 89.8 cm³/mol. The van der Waals surface area contributed by atoms with Crippen LogP contribution in [0.5, 0.6) is 0 Å². The molecule has 0 spiro atoms. The summed E-state index contributed by atoms with van der Waals surface area (Å²) in [4.78, 5) is 3.27. The van der Waals surface area contributed by atoms with Crippen molar-refractivity contribution < 1.29 is 0 Å². The molecule has 0 saturated heterocycles. The molecule has 3 rings (SSSR count). The van der Waals surface area contributed by atoms with Gasteiger partial charge >= 0.3 is 0 Å². The van der Waals surface area contributed by atoms with Crippen molar-refractivity contribution in [1.29, 1.82) is 0 Å². The normalized spacial score (nSPS) is 12.8. The summed E-state index contributed by atoms with van der Waals surface area (Å²) >= 11 is 9.02. The summed E-state index contributed by atoms with van der Waals surface area (Å²) in [7, 11) is 0. The molecule has 1 N–H and O–H groups in total. The van der Waals surface area contributed by atoms with E-state index < -0.39 is 0 Å². The van der Waals surface area contributed by atoms with Gasteiger partial charge in [-0.15, -0.1) is 0 Å². The van der Waals surface area contributed by atoms with Crippen LogP contribution >= 0.6 is 28.1 Å². The number of nitrogens with zero attached hydrogens (tertiary/aromatic N) is 1. The highest BCUT2D eigenvalue weighted by molar-refractivity contribution is 9.10. The van der Waals surface area contributed by atoms with Gasteiger partial charge in [0.2, 0.25) is 0 Å². The van der Waals surface area contributed by atoms with Crippen LogP contribution < -0.4 is 0 Å². The van der Waals surface area contributed by atoms with Crippen LogP contribution in [0.4, 0.5) is 0 Å². The Morgan fingerprint density at radius 2 is 1.85 bits per heavy atom. The molecule has 0 saturated carbocycles. The zero-order valence-electron chi connectivity index (χ0n) is 11.4. The number of fused-ring (bicyclic) bond motifs is 1. The SMILES string of the molecule is Cc1ccc(C(C)n2c(=S)[nH]c3ccc(Br)cc32)cc1. The Hall–Kier alpha value is -1.39. The summed E-state index contributed by atoms with van der Waals surface area (Å²) in [5.41, 5.74) is 4.72. The predicted octanol–water partition coefficient (Wildman–Crippen LogP) is 5.38. The van der Waals surface area contributed by atoms with Gasteiger partial charge in [0.15, 0.2) is 4.77 Å². The van der Waals surface area contributed by atoms with E-state index in [1.807, 2.05) is 12.1 Å². The summed E-state index contributed by atoms with van der Waals surface area (Å²) in [5.74, 6) is 0. The molecular weight excluding hydrogens is 332 g/mol. The summed E-state index contributed by atoms with van der Waals surface area (Å²) in [6, 6.07) is 15.0. The third-order valence-corrected chi connectivity index (χ3v) is 4.42. The molecule has 0 aliphatic carbocycles. The van der Waals surface area contributed by atoms with Crippen LogP contribution in [0.25, 0.3) is 11.0 Å². The second-order valence-electron chi connectivity index (χ2n) is 5.05. The van der Waals surface area contributed by atoms with Crippen molar-refractivity contribution in [1.82, 2.24) is 9.55 Å². The van der Waals surface area contributed by atoms with E-state index in [1.54, 1.807) is 0 Å². The lowest BCUT2D eigenvalue weighted by Crippen LogP contribution is -2.06. The number of halogens is 1. The van der Waals surface area contributed by atoms with Crippen LogP contribution in [0.1, 0.15) is 24.1 Å². The van der Waals surface area contributed by atoms with Gasteiger partial charge in [0.25, 0.3) is 0 Å². The quantitative estimate of drug-likeness (QED) is 0.617. The lowest BCUT2D eigenvalue weighted by Gasteiger charge is -2.15. The number of benzene rings is 2. The van der Waals surface area contributed by atoms with Gasteiger partial charge in [0.1, 0.15) is 0 Å². The number of rotatable bonds is 2. The van der Waals surface area contributed by atoms with E-state index in [0.29, 0.717) is 0 Å². The zero-order valence-corrected chi connectivity index (χ0v) is 13.8. The minimum Gasteiger partial charge on any atom is -0.331 e. The van der Waals surface area contributed by atoms with Gasteiger partial charge in [-0.1, -0.05) is 45.8 Å². The van der Waals surface area contributed by atoms with Gasteiger partial charge < -0.3 is 9.55 Å². The van der Waals surface area contributed by atoms with Gasteiger partial charge in [0, 0.05) is 4.47 Å². The average molecular weight is 347 g/mol. The van der Waals surface area contributed by atoms with E-state index in [-0.39, 0.29) is 6.04 Å². The minimum atomic E-state index is 0.200. The fourth-order valence-corrected chi connectivity index (χ4v) is 3.19. The number of aromatic amines is 1. The highest BCUT2D eigenvalue weighted by Crippen LogP contribution is 2.26. The Morgan fingerprint density at radius 1 is 1.15 bits per heavy atom. The zero-order chi connectivity index (χ0) is 14.3. The molecular formula is C16H15BrN2S. The number of nitrogens with one attached hydrogen (secondary N) is 1. The van der Waals surface area contributed by atoms with Crippen LogP contribution in [-0.2, 0) is 0 Å². The van der Waals surface area contributed by atoms with E-state index in [0.717, 1.165) is 20.3 Å². The molecule has 0 aliphatic heterocycles. The monoisotopic (exact) mass is 346 g/mol. The molecule has 3 aromatic rings. The number of hydrogen-bond acceptors (Lipinski definition) is 1. The molecule has 1 unspecified atom stereocenters. The topological polar surface area (TPSA) is 20.7 Å². The fraction of sp³-hybridized carbons (Fsp3) is 0.188. The highest BCUT2D eigenvalue weighted by atomic mass is 79.9. The van der Waals surface area contributed by atoms with E-state index in [1.165, 1.54) is 11.1 Å². The van der Waals surface area contributed by atoms with Crippen molar-refractivity contribution in [2.24, 2.45) is 0 Å². The molecule has 0 aliphatic rings. The minimum absolute atomic E-state index is 0.200. The maximum atomic E-state index is 5.49. The van der Waals surface area contributed by atoms with E-state index >= 15 is 0 Å². The summed E-state index contributed by atoms with van der Waals surface area (Å²) < 4.78 is 3.98. The second-order valence-corrected chi connectivity index (χ2v) is 6.35. The maximum absolute atomic E-state index is 5.49. The standard InChI is InChI=1S/C16H15BrN2S/c1-10-3-5-12(6-4-10)11(2)19-15-9-13(17)7-8-14(15)18-16(19)20/h3-9,11H,1-2H3,(H,18,20). The van der Waals surface area contributed by atoms with Crippen molar-refractivity contribution in [3.8, 4) is 0 Å². The van der Waals surface area contributed by atoms with Crippen LogP contribution in [0.15, 0.2) is 46.9 Å². The van der Waals surface area contributed by atoms with E-state index in [2.05, 4.69) is 69.7 Å². The first kappa shape index (κ1) is 13.6. The molecule has 1 heterocycles. The number of imidazole rings is 1. The Kier molecular flexibility index (Phi) is 3.52. The molecule has 0 amide bonds. The average Bonchev–Trinajstić information content (AvgIpc) is 2.74. The lowest BCUT2D eigenvalue weighted by atomic mass is 10.1. The summed E-state index contributed by atoms with van der Waals surface area (Å²) in [5, 5.41) is 0. The third-order valence-electron chi connectivity index (χ3n) is 3.63. The van der Waals surface area contributed by atoms with Gasteiger partial charge in [0.05, 0.1) is 17.1 Å². The second kappa shape index (κ2) is 5.19. The van der Waals surface area contributed by atoms with Gasteiger partial charge in [-0.3, -0.25) is 0 Å². The number of aryl methyl sites for hydroxylation is 1. The first-order valence-corrected chi connectivity index (χ1v) is 7.73. The van der Waals surface area contributed by atoms with E-state index in [4.69, 9.17) is 12.2 Å². The largest absolute Gasteiger partial charge is 0.331 e. The Labute approximate surface area is 131 Å². The molecule has 0 radical (unpaired) electrons. The summed E-state index contributed by atoms with van der Waals surface area (Å²) in [6.07, 6.45) is 0. The molecule has 0 fully saturated rings. The molecule has 2 aromatic carbocycles. The summed E-state index contributed by atoms with van der Waals surface area (Å²) in [6.45, 7) is 4.28. The Balaban J connectivity index is 2.18. The maximum Gasteiger partial charge on any atom is 0.178 e. The first-order valence-electron chi connectivity index (χ1n) is 6.52. The number of hydrogen-bond donors (Lipinski definition) is 1. The Bertz CT molecular complexity index is 815.